The lowest BCUT2D eigenvalue weighted by atomic mass is 9.93. The van der Waals surface area contributed by atoms with E-state index in [4.69, 9.17) is 6.42 Å². The number of terminal acetylenes is 1. The summed E-state index contributed by atoms with van der Waals surface area (Å²) in [7, 11) is 0. The fourth-order valence-electron chi connectivity index (χ4n) is 1.58. The van der Waals surface area contributed by atoms with Gasteiger partial charge in [0, 0.05) is 12.6 Å². The first-order chi connectivity index (χ1) is 5.65. The van der Waals surface area contributed by atoms with Gasteiger partial charge in [-0.15, -0.1) is 6.42 Å². The molecular weight excluding hydrogens is 150 g/mol. The van der Waals surface area contributed by atoms with Gasteiger partial charge >= 0.3 is 0 Å². The highest BCUT2D eigenvalue weighted by molar-refractivity contribution is 5.93. The van der Waals surface area contributed by atoms with Crippen LogP contribution in [0.25, 0.3) is 0 Å². The van der Waals surface area contributed by atoms with Gasteiger partial charge in [-0.3, -0.25) is 4.79 Å². The van der Waals surface area contributed by atoms with Crippen molar-refractivity contribution >= 4 is 5.91 Å². The molecule has 1 saturated heterocycles. The van der Waals surface area contributed by atoms with Crippen molar-refractivity contribution in [1.82, 2.24) is 4.90 Å². The summed E-state index contributed by atoms with van der Waals surface area (Å²) in [4.78, 5) is 12.9. The minimum Gasteiger partial charge on any atom is -0.329 e. The van der Waals surface area contributed by atoms with Crippen molar-refractivity contribution in [2.75, 3.05) is 6.54 Å². The molecule has 0 bridgehead atoms. The number of rotatable bonds is 2. The first kappa shape index (κ1) is 9.12. The summed E-state index contributed by atoms with van der Waals surface area (Å²) in [5.74, 6) is 2.65. The number of hydrogen-bond acceptors (Lipinski definition) is 1. The maximum atomic E-state index is 11.1. The molecule has 1 rings (SSSR count). The Morgan fingerprint density at radius 1 is 1.75 bits per heavy atom. The van der Waals surface area contributed by atoms with Crippen LogP contribution < -0.4 is 0 Å². The molecule has 66 valence electrons. The molecule has 1 aliphatic heterocycles. The molecule has 0 saturated carbocycles. The van der Waals surface area contributed by atoms with E-state index < -0.39 is 0 Å². The molecule has 0 aromatic rings. The predicted molar refractivity (Wildman–Crippen MR) is 48.4 cm³/mol. The molecule has 12 heavy (non-hydrogen) atoms. The van der Waals surface area contributed by atoms with Gasteiger partial charge in [-0.25, -0.2) is 0 Å². The van der Waals surface area contributed by atoms with Crippen LogP contribution in [0.1, 0.15) is 26.7 Å². The van der Waals surface area contributed by atoms with Gasteiger partial charge in [-0.05, 0) is 24.7 Å². The molecule has 1 heterocycles. The Morgan fingerprint density at radius 2 is 2.42 bits per heavy atom. The monoisotopic (exact) mass is 165 g/mol. The average molecular weight is 165 g/mol. The van der Waals surface area contributed by atoms with Gasteiger partial charge in [0.05, 0.1) is 0 Å². The Kier molecular flexibility index (Phi) is 2.75. The molecule has 0 spiro atoms. The highest BCUT2D eigenvalue weighted by Gasteiger charge is 2.31. The normalized spacial score (nSPS) is 21.8. The van der Waals surface area contributed by atoms with Crippen molar-refractivity contribution in [2.24, 2.45) is 5.92 Å². The number of nitrogens with zero attached hydrogens (tertiary/aromatic N) is 1. The minimum atomic E-state index is -0.146. The van der Waals surface area contributed by atoms with E-state index in [1.165, 1.54) is 0 Å². The second-order valence-electron chi connectivity index (χ2n) is 3.71. The molecule has 0 N–H and O–H groups in total. The van der Waals surface area contributed by atoms with Gasteiger partial charge < -0.3 is 4.90 Å². The molecule has 1 unspecified atom stereocenters. The minimum absolute atomic E-state index is 0.146. The summed E-state index contributed by atoms with van der Waals surface area (Å²) in [6, 6.07) is 0.411. The lowest BCUT2D eigenvalue weighted by molar-refractivity contribution is -0.132. The topological polar surface area (TPSA) is 20.3 Å². The molecule has 1 fully saturated rings. The number of amides is 1. The third kappa shape index (κ3) is 1.79. The van der Waals surface area contributed by atoms with E-state index in [0.717, 1.165) is 19.4 Å². The molecule has 1 aliphatic rings. The summed E-state index contributed by atoms with van der Waals surface area (Å²) < 4.78 is 0. The standard InChI is InChI=1S/C10H15NO/c1-4-10(12)11-6-5-9(11)7-8(2)3/h1,8-9H,5-7H2,2-3H3. The number of carbonyl (C=O) groups is 1. The molecule has 1 amide bonds. The van der Waals surface area contributed by atoms with Crippen molar-refractivity contribution < 1.29 is 4.79 Å². The zero-order valence-corrected chi connectivity index (χ0v) is 7.71. The Labute approximate surface area is 73.9 Å². The van der Waals surface area contributed by atoms with Crippen LogP contribution >= 0.6 is 0 Å². The summed E-state index contributed by atoms with van der Waals surface area (Å²) in [5, 5.41) is 0. The Hall–Kier alpha value is -0.970. The van der Waals surface area contributed by atoms with Gasteiger partial charge in [0.2, 0.25) is 0 Å². The van der Waals surface area contributed by atoms with Gasteiger partial charge in [-0.1, -0.05) is 13.8 Å². The fraction of sp³-hybridized carbons (Fsp3) is 0.700. The second-order valence-corrected chi connectivity index (χ2v) is 3.71. The van der Waals surface area contributed by atoms with Crippen LogP contribution in [0.4, 0.5) is 0 Å². The highest BCUT2D eigenvalue weighted by atomic mass is 16.2. The van der Waals surface area contributed by atoms with Crippen molar-refractivity contribution in [3.8, 4) is 12.3 Å². The van der Waals surface area contributed by atoms with E-state index in [-0.39, 0.29) is 5.91 Å². The van der Waals surface area contributed by atoms with Gasteiger partial charge in [0.15, 0.2) is 0 Å². The van der Waals surface area contributed by atoms with E-state index >= 15 is 0 Å². The molecule has 0 aliphatic carbocycles. The van der Waals surface area contributed by atoms with E-state index in [1.807, 2.05) is 0 Å². The third-order valence-electron chi connectivity index (χ3n) is 2.27. The number of carbonyl (C=O) groups excluding carboxylic acids is 1. The van der Waals surface area contributed by atoms with Gasteiger partial charge in [-0.2, -0.15) is 0 Å². The Bertz CT molecular complexity index is 214. The molecule has 0 aromatic heterocycles. The van der Waals surface area contributed by atoms with Crippen LogP contribution in [0.2, 0.25) is 0 Å². The maximum absolute atomic E-state index is 11.1. The van der Waals surface area contributed by atoms with Gasteiger partial charge in [0.1, 0.15) is 0 Å². The predicted octanol–water partition coefficient (Wildman–Crippen LogP) is 1.27. The zero-order chi connectivity index (χ0) is 9.14. The summed E-state index contributed by atoms with van der Waals surface area (Å²) in [6.07, 6.45) is 7.23. The fourth-order valence-corrected chi connectivity index (χ4v) is 1.58. The molecule has 0 aromatic carbocycles. The molecule has 2 nitrogen and oxygen atoms in total. The first-order valence-corrected chi connectivity index (χ1v) is 4.42. The van der Waals surface area contributed by atoms with Crippen LogP contribution in [-0.2, 0) is 4.79 Å². The van der Waals surface area contributed by atoms with Crippen LogP contribution in [0.15, 0.2) is 0 Å². The van der Waals surface area contributed by atoms with Gasteiger partial charge in [0.25, 0.3) is 5.91 Å². The number of likely N-dealkylation sites (tertiary alicyclic amines) is 1. The van der Waals surface area contributed by atoms with Crippen LogP contribution in [0, 0.1) is 18.3 Å². The Balaban J connectivity index is 2.40. The average Bonchev–Trinajstić information content (AvgIpc) is 1.98. The van der Waals surface area contributed by atoms with E-state index in [0.29, 0.717) is 12.0 Å². The van der Waals surface area contributed by atoms with Crippen molar-refractivity contribution in [3.63, 3.8) is 0 Å². The molecule has 2 heteroatoms. The third-order valence-corrected chi connectivity index (χ3v) is 2.27. The lowest BCUT2D eigenvalue weighted by Gasteiger charge is -2.40. The zero-order valence-electron chi connectivity index (χ0n) is 7.71. The van der Waals surface area contributed by atoms with Crippen LogP contribution in [0.3, 0.4) is 0 Å². The summed E-state index contributed by atoms with van der Waals surface area (Å²) in [6.45, 7) is 5.17. The quantitative estimate of drug-likeness (QED) is 0.564. The summed E-state index contributed by atoms with van der Waals surface area (Å²) >= 11 is 0. The van der Waals surface area contributed by atoms with Crippen molar-refractivity contribution in [1.29, 1.82) is 0 Å². The second kappa shape index (κ2) is 3.62. The maximum Gasteiger partial charge on any atom is 0.298 e. The Morgan fingerprint density at radius 3 is 2.75 bits per heavy atom. The largest absolute Gasteiger partial charge is 0.329 e. The van der Waals surface area contributed by atoms with E-state index in [2.05, 4.69) is 19.8 Å². The first-order valence-electron chi connectivity index (χ1n) is 4.42. The lowest BCUT2D eigenvalue weighted by Crippen LogP contribution is -2.51. The smallest absolute Gasteiger partial charge is 0.298 e. The summed E-state index contributed by atoms with van der Waals surface area (Å²) in [5.41, 5.74) is 0. The number of hydrogen-bond donors (Lipinski definition) is 0. The molecule has 0 radical (unpaired) electrons. The molecular formula is C10H15NO. The van der Waals surface area contributed by atoms with Crippen LogP contribution in [-0.4, -0.2) is 23.4 Å². The van der Waals surface area contributed by atoms with Crippen molar-refractivity contribution in [2.45, 2.75) is 32.7 Å². The SMILES string of the molecule is C#CC(=O)N1CCC1CC(C)C. The molecule has 1 atom stereocenters. The highest BCUT2D eigenvalue weighted by Crippen LogP contribution is 2.23. The van der Waals surface area contributed by atoms with E-state index in [1.54, 1.807) is 4.90 Å². The van der Waals surface area contributed by atoms with Crippen molar-refractivity contribution in [3.05, 3.63) is 0 Å². The van der Waals surface area contributed by atoms with Crippen LogP contribution in [0.5, 0.6) is 0 Å². The van der Waals surface area contributed by atoms with E-state index in [9.17, 15) is 4.79 Å².